The quantitative estimate of drug-likeness (QED) is 0.495. The van der Waals surface area contributed by atoms with E-state index in [-0.39, 0.29) is 33.4 Å². The lowest BCUT2D eigenvalue weighted by atomic mass is 10.2. The lowest BCUT2D eigenvalue weighted by Gasteiger charge is -2.26. The van der Waals surface area contributed by atoms with Gasteiger partial charge in [-0.05, 0) is 24.6 Å². The molecule has 1 aromatic carbocycles. The first kappa shape index (κ1) is 22.3. The average Bonchev–Trinajstić information content (AvgIpc) is 2.68. The first-order valence-electron chi connectivity index (χ1n) is 8.67. The number of carbonyl (C=O) groups is 1. The van der Waals surface area contributed by atoms with Crippen LogP contribution in [0.5, 0.6) is 0 Å². The van der Waals surface area contributed by atoms with Crippen LogP contribution in [0.25, 0.3) is 0 Å². The van der Waals surface area contributed by atoms with Crippen molar-refractivity contribution in [2.45, 2.75) is 16.7 Å². The molecular formula is C16H19ClN6O5S2. The highest BCUT2D eigenvalue weighted by Crippen LogP contribution is 2.32. The van der Waals surface area contributed by atoms with Gasteiger partial charge in [0.05, 0.1) is 19.0 Å². The average molecular weight is 475 g/mol. The Kier molecular flexibility index (Phi) is 6.85. The third-order valence-electron chi connectivity index (χ3n) is 4.03. The smallest absolute Gasteiger partial charge is 0.313 e. The number of carboxylic acid groups (broad SMARTS) is 1. The van der Waals surface area contributed by atoms with Crippen LogP contribution in [0.3, 0.4) is 0 Å². The van der Waals surface area contributed by atoms with E-state index in [0.29, 0.717) is 36.9 Å². The van der Waals surface area contributed by atoms with Gasteiger partial charge in [-0.3, -0.25) is 4.79 Å². The van der Waals surface area contributed by atoms with Crippen LogP contribution >= 0.6 is 23.4 Å². The number of thioether (sulfide) groups is 1. The minimum Gasteiger partial charge on any atom is -0.481 e. The van der Waals surface area contributed by atoms with Crippen molar-refractivity contribution in [3.8, 4) is 0 Å². The standard InChI is InChI=1S/C16H19ClN6O5S2/c1-9-6-12(11(7-10(9)17)29-8-13(24)25)30(26,27)22-15-19-14(18)20-16(21-15)23-2-4-28-5-3-23/h6-7H,2-5,8H2,1H3,(H,24,25)(H3,18,19,20,21,22). The van der Waals surface area contributed by atoms with E-state index < -0.39 is 16.0 Å². The third-order valence-corrected chi connectivity index (χ3v) is 6.97. The molecule has 162 valence electrons. The van der Waals surface area contributed by atoms with Crippen molar-refractivity contribution >= 4 is 57.2 Å². The minimum absolute atomic E-state index is 0.137. The van der Waals surface area contributed by atoms with Crippen molar-refractivity contribution in [3.05, 3.63) is 22.7 Å². The van der Waals surface area contributed by atoms with E-state index in [2.05, 4.69) is 19.7 Å². The molecule has 1 aliphatic rings. The summed E-state index contributed by atoms with van der Waals surface area (Å²) in [5, 5.41) is 9.26. The molecule has 2 aromatic rings. The Morgan fingerprint density at radius 3 is 2.70 bits per heavy atom. The number of aryl methyl sites for hydroxylation is 1. The number of hydrogen-bond donors (Lipinski definition) is 3. The van der Waals surface area contributed by atoms with E-state index in [1.807, 2.05) is 0 Å². The monoisotopic (exact) mass is 474 g/mol. The van der Waals surface area contributed by atoms with Crippen LogP contribution < -0.4 is 15.4 Å². The summed E-state index contributed by atoms with van der Waals surface area (Å²) in [6.07, 6.45) is 0. The molecule has 1 fully saturated rings. The van der Waals surface area contributed by atoms with Gasteiger partial charge in [0.2, 0.25) is 17.8 Å². The largest absolute Gasteiger partial charge is 0.481 e. The molecule has 14 heteroatoms. The zero-order valence-corrected chi connectivity index (χ0v) is 18.2. The topological polar surface area (TPSA) is 161 Å². The summed E-state index contributed by atoms with van der Waals surface area (Å²) in [7, 11) is -4.17. The number of rotatable bonds is 7. The first-order valence-corrected chi connectivity index (χ1v) is 11.5. The first-order chi connectivity index (χ1) is 14.2. The number of nitrogens with two attached hydrogens (primary N) is 1. The zero-order chi connectivity index (χ0) is 21.9. The van der Waals surface area contributed by atoms with Gasteiger partial charge in [0.15, 0.2) is 0 Å². The predicted molar refractivity (Wildman–Crippen MR) is 113 cm³/mol. The van der Waals surface area contributed by atoms with Crippen molar-refractivity contribution in [3.63, 3.8) is 0 Å². The van der Waals surface area contributed by atoms with Gasteiger partial charge < -0.3 is 20.5 Å². The van der Waals surface area contributed by atoms with Crippen molar-refractivity contribution in [2.75, 3.05) is 47.4 Å². The molecule has 0 radical (unpaired) electrons. The molecule has 1 aromatic heterocycles. The molecule has 0 saturated carbocycles. The fourth-order valence-corrected chi connectivity index (χ4v) is 5.12. The molecule has 3 rings (SSSR count). The maximum atomic E-state index is 13.0. The summed E-state index contributed by atoms with van der Waals surface area (Å²) in [5.74, 6) is -1.57. The summed E-state index contributed by atoms with van der Waals surface area (Å²) in [5.41, 5.74) is 6.25. The Labute approximate surface area is 182 Å². The summed E-state index contributed by atoms with van der Waals surface area (Å²) < 4.78 is 33.7. The van der Waals surface area contributed by atoms with Crippen LogP contribution in [-0.4, -0.2) is 66.5 Å². The fourth-order valence-electron chi connectivity index (χ4n) is 2.61. The molecule has 0 atom stereocenters. The number of benzene rings is 1. The Morgan fingerprint density at radius 2 is 2.03 bits per heavy atom. The number of aromatic nitrogens is 3. The van der Waals surface area contributed by atoms with Crippen molar-refractivity contribution in [1.82, 2.24) is 15.0 Å². The number of sulfonamides is 1. The number of nitrogen functional groups attached to an aromatic ring is 1. The highest BCUT2D eigenvalue weighted by Gasteiger charge is 2.24. The fraction of sp³-hybridized carbons (Fsp3) is 0.375. The summed E-state index contributed by atoms with van der Waals surface area (Å²) in [6.45, 7) is 3.68. The van der Waals surface area contributed by atoms with Gasteiger partial charge in [-0.15, -0.1) is 11.8 Å². The number of aliphatic carboxylic acids is 1. The van der Waals surface area contributed by atoms with E-state index in [1.54, 1.807) is 11.8 Å². The highest BCUT2D eigenvalue weighted by molar-refractivity contribution is 8.01. The van der Waals surface area contributed by atoms with Crippen LogP contribution in [0.2, 0.25) is 5.02 Å². The molecule has 1 aliphatic heterocycles. The Morgan fingerprint density at radius 1 is 1.33 bits per heavy atom. The molecule has 30 heavy (non-hydrogen) atoms. The Hall–Kier alpha value is -2.35. The van der Waals surface area contributed by atoms with Crippen LogP contribution in [0, 0.1) is 6.92 Å². The zero-order valence-electron chi connectivity index (χ0n) is 15.8. The number of anilines is 3. The molecule has 0 aliphatic carbocycles. The summed E-state index contributed by atoms with van der Waals surface area (Å²) in [6, 6.07) is 2.78. The van der Waals surface area contributed by atoms with Crippen molar-refractivity contribution in [1.29, 1.82) is 0 Å². The SMILES string of the molecule is Cc1cc(S(=O)(=O)Nc2nc(N)nc(N3CCOCC3)n2)c(SCC(=O)O)cc1Cl. The van der Waals surface area contributed by atoms with Gasteiger partial charge >= 0.3 is 5.97 Å². The second-order valence-electron chi connectivity index (χ2n) is 6.25. The van der Waals surface area contributed by atoms with E-state index in [9.17, 15) is 13.2 Å². The number of nitrogens with zero attached hydrogens (tertiary/aromatic N) is 4. The van der Waals surface area contributed by atoms with Crippen molar-refractivity contribution in [2.24, 2.45) is 0 Å². The lowest BCUT2D eigenvalue weighted by Crippen LogP contribution is -2.37. The summed E-state index contributed by atoms with van der Waals surface area (Å²) >= 11 is 6.94. The minimum atomic E-state index is -4.17. The molecule has 0 spiro atoms. The van der Waals surface area contributed by atoms with Crippen LogP contribution in [-0.2, 0) is 19.6 Å². The van der Waals surface area contributed by atoms with Gasteiger partial charge in [0.25, 0.3) is 10.0 Å². The normalized spacial score (nSPS) is 14.5. The van der Waals surface area contributed by atoms with E-state index >= 15 is 0 Å². The molecule has 11 nitrogen and oxygen atoms in total. The number of carboxylic acids is 1. The van der Waals surface area contributed by atoms with Gasteiger partial charge in [-0.25, -0.2) is 13.1 Å². The number of halogens is 1. The molecule has 0 amide bonds. The van der Waals surface area contributed by atoms with Gasteiger partial charge in [0, 0.05) is 23.0 Å². The lowest BCUT2D eigenvalue weighted by molar-refractivity contribution is -0.133. The predicted octanol–water partition coefficient (Wildman–Crippen LogP) is 1.23. The molecule has 2 heterocycles. The van der Waals surface area contributed by atoms with Crippen LogP contribution in [0.4, 0.5) is 17.8 Å². The molecule has 4 N–H and O–H groups in total. The van der Waals surface area contributed by atoms with E-state index in [1.165, 1.54) is 12.1 Å². The van der Waals surface area contributed by atoms with Gasteiger partial charge in [0.1, 0.15) is 4.90 Å². The second kappa shape index (κ2) is 9.20. The van der Waals surface area contributed by atoms with E-state index in [4.69, 9.17) is 27.2 Å². The summed E-state index contributed by atoms with van der Waals surface area (Å²) in [4.78, 5) is 24.9. The van der Waals surface area contributed by atoms with Crippen LogP contribution in [0.15, 0.2) is 21.9 Å². The third kappa shape index (κ3) is 5.41. The van der Waals surface area contributed by atoms with Crippen LogP contribution in [0.1, 0.15) is 5.56 Å². The maximum Gasteiger partial charge on any atom is 0.313 e. The maximum absolute atomic E-state index is 13.0. The number of morpholine rings is 1. The molecule has 0 bridgehead atoms. The number of hydrogen-bond acceptors (Lipinski definition) is 10. The number of nitrogens with one attached hydrogen (secondary N) is 1. The number of ether oxygens (including phenoxy) is 1. The van der Waals surface area contributed by atoms with Gasteiger partial charge in [-0.2, -0.15) is 15.0 Å². The highest BCUT2D eigenvalue weighted by atomic mass is 35.5. The van der Waals surface area contributed by atoms with Crippen molar-refractivity contribution < 1.29 is 23.1 Å². The van der Waals surface area contributed by atoms with E-state index in [0.717, 1.165) is 11.8 Å². The Bertz CT molecular complexity index is 1060. The van der Waals surface area contributed by atoms with Gasteiger partial charge in [-0.1, -0.05) is 11.6 Å². The Balaban J connectivity index is 1.94. The second-order valence-corrected chi connectivity index (χ2v) is 9.33. The molecule has 1 saturated heterocycles. The molecule has 0 unspecified atom stereocenters. The molecular weight excluding hydrogens is 456 g/mol.